The van der Waals surface area contributed by atoms with Crippen LogP contribution in [0.25, 0.3) is 22.8 Å². The first-order valence-electron chi connectivity index (χ1n) is 5.99. The van der Waals surface area contributed by atoms with E-state index in [4.69, 9.17) is 0 Å². The van der Waals surface area contributed by atoms with Crippen molar-refractivity contribution < 1.29 is 0 Å². The fourth-order valence-corrected chi connectivity index (χ4v) is 2.52. The molecule has 5 nitrogen and oxygen atoms in total. The van der Waals surface area contributed by atoms with E-state index in [0.29, 0.717) is 15.1 Å². The number of hydrogen-bond acceptors (Lipinski definition) is 3. The third-order valence-corrected chi connectivity index (χ3v) is 3.97. The van der Waals surface area contributed by atoms with Crippen LogP contribution >= 0.6 is 22.6 Å². The molecule has 6 heteroatoms. The summed E-state index contributed by atoms with van der Waals surface area (Å²) in [5.74, 6) is 0.522. The van der Waals surface area contributed by atoms with Gasteiger partial charge in [0, 0.05) is 12.6 Å². The molecule has 0 fully saturated rings. The molecular formula is C14H11IN4O. The third-order valence-electron chi connectivity index (χ3n) is 2.97. The Balaban J connectivity index is 2.24. The molecule has 2 aromatic heterocycles. The van der Waals surface area contributed by atoms with E-state index < -0.39 is 0 Å². The molecule has 100 valence electrons. The predicted molar refractivity (Wildman–Crippen MR) is 85.2 cm³/mol. The first kappa shape index (κ1) is 13.0. The summed E-state index contributed by atoms with van der Waals surface area (Å²) in [6.45, 7) is 0. The van der Waals surface area contributed by atoms with Crippen molar-refractivity contribution in [3.63, 3.8) is 0 Å². The van der Waals surface area contributed by atoms with E-state index in [1.54, 1.807) is 12.5 Å². The highest BCUT2D eigenvalue weighted by Crippen LogP contribution is 2.22. The molecule has 0 bridgehead atoms. The van der Waals surface area contributed by atoms with E-state index in [2.05, 4.69) is 15.0 Å². The first-order valence-corrected chi connectivity index (χ1v) is 7.06. The number of nitrogens with zero attached hydrogens (tertiary/aromatic N) is 3. The quantitative estimate of drug-likeness (QED) is 0.697. The van der Waals surface area contributed by atoms with Crippen LogP contribution in [0.1, 0.15) is 0 Å². The lowest BCUT2D eigenvalue weighted by Gasteiger charge is -2.07. The van der Waals surface area contributed by atoms with E-state index in [-0.39, 0.29) is 5.56 Å². The van der Waals surface area contributed by atoms with Gasteiger partial charge in [-0.2, -0.15) is 0 Å². The van der Waals surface area contributed by atoms with Gasteiger partial charge < -0.3 is 9.55 Å². The molecule has 3 rings (SSSR count). The zero-order valence-corrected chi connectivity index (χ0v) is 12.8. The van der Waals surface area contributed by atoms with E-state index in [0.717, 1.165) is 11.3 Å². The SMILES string of the molecule is Cn1cncc1-c1nc(-c2ccccc2)c(I)c(=O)[nH]1. The minimum absolute atomic E-state index is 0.143. The molecule has 0 saturated carbocycles. The molecule has 0 saturated heterocycles. The van der Waals surface area contributed by atoms with Crippen molar-refractivity contribution in [2.45, 2.75) is 0 Å². The van der Waals surface area contributed by atoms with Crippen LogP contribution in [-0.4, -0.2) is 19.5 Å². The smallest absolute Gasteiger partial charge is 0.265 e. The molecule has 1 N–H and O–H groups in total. The Morgan fingerprint density at radius 1 is 1.25 bits per heavy atom. The van der Waals surface area contributed by atoms with Gasteiger partial charge in [-0.1, -0.05) is 30.3 Å². The van der Waals surface area contributed by atoms with Crippen LogP contribution in [-0.2, 0) is 7.05 Å². The van der Waals surface area contributed by atoms with Gasteiger partial charge in [0.25, 0.3) is 5.56 Å². The average molecular weight is 378 g/mol. The van der Waals surface area contributed by atoms with Crippen molar-refractivity contribution >= 4 is 22.6 Å². The average Bonchev–Trinajstić information content (AvgIpc) is 2.89. The van der Waals surface area contributed by atoms with E-state index >= 15 is 0 Å². The van der Waals surface area contributed by atoms with Gasteiger partial charge in [0.15, 0.2) is 5.82 Å². The number of hydrogen-bond donors (Lipinski definition) is 1. The highest BCUT2D eigenvalue weighted by Gasteiger charge is 2.13. The molecule has 0 amide bonds. The maximum Gasteiger partial charge on any atom is 0.265 e. The van der Waals surface area contributed by atoms with Gasteiger partial charge in [0.2, 0.25) is 0 Å². The number of rotatable bonds is 2. The van der Waals surface area contributed by atoms with Crippen LogP contribution in [0.4, 0.5) is 0 Å². The molecule has 0 spiro atoms. The Labute approximate surface area is 128 Å². The van der Waals surface area contributed by atoms with Gasteiger partial charge in [-0.3, -0.25) is 4.79 Å². The number of nitrogens with one attached hydrogen (secondary N) is 1. The lowest BCUT2D eigenvalue weighted by Crippen LogP contribution is -2.15. The van der Waals surface area contributed by atoms with Crippen LogP contribution in [0.2, 0.25) is 0 Å². The second-order valence-corrected chi connectivity index (χ2v) is 5.41. The van der Waals surface area contributed by atoms with E-state index in [1.807, 2.05) is 64.5 Å². The topological polar surface area (TPSA) is 63.6 Å². The minimum atomic E-state index is -0.143. The molecule has 0 atom stereocenters. The fourth-order valence-electron chi connectivity index (χ4n) is 1.95. The number of aromatic amines is 1. The van der Waals surface area contributed by atoms with Crippen LogP contribution in [0.3, 0.4) is 0 Å². The highest BCUT2D eigenvalue weighted by molar-refractivity contribution is 14.1. The molecule has 0 radical (unpaired) electrons. The standard InChI is InChI=1S/C14H11IN4O/c1-19-8-16-7-10(19)13-17-12(11(15)14(20)18-13)9-5-3-2-4-6-9/h2-8H,1H3,(H,17,18,20). The Hall–Kier alpha value is -1.96. The summed E-state index contributed by atoms with van der Waals surface area (Å²) in [7, 11) is 1.86. The minimum Gasteiger partial charge on any atom is -0.331 e. The van der Waals surface area contributed by atoms with Crippen molar-refractivity contribution in [2.24, 2.45) is 7.05 Å². The number of aryl methyl sites for hydroxylation is 1. The summed E-state index contributed by atoms with van der Waals surface area (Å²) in [6.07, 6.45) is 3.36. The molecule has 0 aliphatic carbocycles. The zero-order valence-electron chi connectivity index (χ0n) is 10.7. The lowest BCUT2D eigenvalue weighted by molar-refractivity contribution is 0.905. The second kappa shape index (κ2) is 5.20. The van der Waals surface area contributed by atoms with Gasteiger partial charge in [-0.25, -0.2) is 9.97 Å². The summed E-state index contributed by atoms with van der Waals surface area (Å²) in [4.78, 5) is 23.5. The van der Waals surface area contributed by atoms with Crippen molar-refractivity contribution in [1.82, 2.24) is 19.5 Å². The molecule has 20 heavy (non-hydrogen) atoms. The molecular weight excluding hydrogens is 367 g/mol. The van der Waals surface area contributed by atoms with Crippen molar-refractivity contribution in [3.8, 4) is 22.8 Å². The molecule has 1 aromatic carbocycles. The second-order valence-electron chi connectivity index (χ2n) is 4.33. The van der Waals surface area contributed by atoms with Crippen LogP contribution < -0.4 is 5.56 Å². The Kier molecular flexibility index (Phi) is 3.39. The number of H-pyrrole nitrogens is 1. The summed E-state index contributed by atoms with van der Waals surface area (Å²) >= 11 is 2.02. The lowest BCUT2D eigenvalue weighted by atomic mass is 10.1. The van der Waals surface area contributed by atoms with Crippen LogP contribution in [0.15, 0.2) is 47.7 Å². The molecule has 0 aliphatic rings. The van der Waals surface area contributed by atoms with Crippen molar-refractivity contribution in [1.29, 1.82) is 0 Å². The van der Waals surface area contributed by atoms with Gasteiger partial charge in [-0.15, -0.1) is 0 Å². The van der Waals surface area contributed by atoms with Gasteiger partial charge in [0.1, 0.15) is 9.26 Å². The highest BCUT2D eigenvalue weighted by atomic mass is 127. The maximum atomic E-state index is 12.1. The summed E-state index contributed by atoms with van der Waals surface area (Å²) in [5.41, 5.74) is 2.24. The first-order chi connectivity index (χ1) is 9.66. The Morgan fingerprint density at radius 3 is 2.65 bits per heavy atom. The van der Waals surface area contributed by atoms with Gasteiger partial charge >= 0.3 is 0 Å². The van der Waals surface area contributed by atoms with E-state index in [9.17, 15) is 4.79 Å². The fraction of sp³-hybridized carbons (Fsp3) is 0.0714. The zero-order chi connectivity index (χ0) is 14.1. The third kappa shape index (κ3) is 2.26. The number of aromatic nitrogens is 4. The molecule has 0 aliphatic heterocycles. The maximum absolute atomic E-state index is 12.1. The number of halogens is 1. The summed E-state index contributed by atoms with van der Waals surface area (Å²) < 4.78 is 2.40. The van der Waals surface area contributed by atoms with Crippen molar-refractivity contribution in [2.75, 3.05) is 0 Å². The summed E-state index contributed by atoms with van der Waals surface area (Å²) in [6, 6.07) is 9.68. The largest absolute Gasteiger partial charge is 0.331 e. The summed E-state index contributed by atoms with van der Waals surface area (Å²) in [5, 5.41) is 0. The van der Waals surface area contributed by atoms with Crippen LogP contribution in [0.5, 0.6) is 0 Å². The molecule has 0 unspecified atom stereocenters. The molecule has 2 heterocycles. The Bertz CT molecular complexity index is 808. The molecule has 3 aromatic rings. The number of benzene rings is 1. The van der Waals surface area contributed by atoms with Crippen molar-refractivity contribution in [3.05, 3.63) is 56.8 Å². The van der Waals surface area contributed by atoms with Gasteiger partial charge in [-0.05, 0) is 22.6 Å². The van der Waals surface area contributed by atoms with Gasteiger partial charge in [0.05, 0.1) is 18.2 Å². The van der Waals surface area contributed by atoms with E-state index in [1.165, 1.54) is 0 Å². The predicted octanol–water partition coefficient (Wildman–Crippen LogP) is 2.44. The Morgan fingerprint density at radius 2 is 2.00 bits per heavy atom. The van der Waals surface area contributed by atoms with Crippen LogP contribution in [0, 0.1) is 3.57 Å². The normalized spacial score (nSPS) is 10.7. The monoisotopic (exact) mass is 378 g/mol. The number of imidazole rings is 1.